The standard InChI is InChI=1S/C13H9F4NO3/c1-2-21-12(20)7-5-18-10-6(11(7)19)3-4-8(9(10)14)13(15,16)17/h3-5H,2H2,1H3,(H,18,19). The SMILES string of the molecule is CCOC(=O)c1c[nH]c2c(F)c(C(F)(F)F)ccc2c1=O. The van der Waals surface area contributed by atoms with Gasteiger partial charge in [0.25, 0.3) is 0 Å². The van der Waals surface area contributed by atoms with Crippen LogP contribution in [0, 0.1) is 5.82 Å². The van der Waals surface area contributed by atoms with Crippen LogP contribution in [0.4, 0.5) is 17.6 Å². The molecule has 0 atom stereocenters. The highest BCUT2D eigenvalue weighted by Gasteiger charge is 2.35. The van der Waals surface area contributed by atoms with Gasteiger partial charge in [0.2, 0.25) is 5.43 Å². The van der Waals surface area contributed by atoms with Gasteiger partial charge in [-0.2, -0.15) is 13.2 Å². The van der Waals surface area contributed by atoms with Gasteiger partial charge in [0.1, 0.15) is 5.56 Å². The maximum Gasteiger partial charge on any atom is 0.419 e. The molecule has 0 radical (unpaired) electrons. The molecule has 112 valence electrons. The lowest BCUT2D eigenvalue weighted by molar-refractivity contribution is -0.139. The van der Waals surface area contributed by atoms with Crippen molar-refractivity contribution in [3.8, 4) is 0 Å². The fraction of sp³-hybridized carbons (Fsp3) is 0.231. The maximum atomic E-state index is 13.8. The highest BCUT2D eigenvalue weighted by atomic mass is 19.4. The molecule has 1 heterocycles. The van der Waals surface area contributed by atoms with Gasteiger partial charge < -0.3 is 9.72 Å². The Hall–Kier alpha value is -2.38. The van der Waals surface area contributed by atoms with Crippen molar-refractivity contribution >= 4 is 16.9 Å². The number of pyridine rings is 1. The van der Waals surface area contributed by atoms with E-state index in [1.807, 2.05) is 0 Å². The minimum absolute atomic E-state index is 0.0255. The fourth-order valence-electron chi connectivity index (χ4n) is 1.84. The predicted molar refractivity (Wildman–Crippen MR) is 65.5 cm³/mol. The van der Waals surface area contributed by atoms with Gasteiger partial charge in [0.15, 0.2) is 5.82 Å². The molecule has 4 nitrogen and oxygen atoms in total. The summed E-state index contributed by atoms with van der Waals surface area (Å²) in [6.45, 7) is 1.56. The van der Waals surface area contributed by atoms with E-state index in [-0.39, 0.29) is 12.0 Å². The molecule has 0 fully saturated rings. The topological polar surface area (TPSA) is 59.2 Å². The lowest BCUT2D eigenvalue weighted by atomic mass is 10.1. The Kier molecular flexibility index (Phi) is 3.71. The van der Waals surface area contributed by atoms with E-state index in [2.05, 4.69) is 9.72 Å². The molecule has 1 aromatic carbocycles. The zero-order chi connectivity index (χ0) is 15.8. The number of H-pyrrole nitrogens is 1. The lowest BCUT2D eigenvalue weighted by Crippen LogP contribution is -2.19. The van der Waals surface area contributed by atoms with Gasteiger partial charge in [-0.25, -0.2) is 9.18 Å². The molecule has 0 saturated heterocycles. The second kappa shape index (κ2) is 5.19. The average Bonchev–Trinajstić information content (AvgIpc) is 2.38. The molecule has 8 heteroatoms. The number of halogens is 4. The van der Waals surface area contributed by atoms with E-state index >= 15 is 0 Å². The minimum atomic E-state index is -4.88. The Balaban J connectivity index is 2.70. The molecular weight excluding hydrogens is 294 g/mol. The molecule has 0 amide bonds. The molecule has 1 N–H and O–H groups in total. The number of esters is 1. The number of benzene rings is 1. The summed E-state index contributed by atoms with van der Waals surface area (Å²) in [5.74, 6) is -2.52. The first-order valence-electron chi connectivity index (χ1n) is 5.85. The van der Waals surface area contributed by atoms with Crippen molar-refractivity contribution in [2.75, 3.05) is 6.61 Å². The normalized spacial score (nSPS) is 11.7. The van der Waals surface area contributed by atoms with Gasteiger partial charge in [-0.1, -0.05) is 0 Å². The molecule has 0 aliphatic heterocycles. The quantitative estimate of drug-likeness (QED) is 0.685. The van der Waals surface area contributed by atoms with Gasteiger partial charge in [-0.05, 0) is 19.1 Å². The van der Waals surface area contributed by atoms with Crippen LogP contribution in [0.2, 0.25) is 0 Å². The van der Waals surface area contributed by atoms with E-state index in [1.54, 1.807) is 0 Å². The Labute approximate surface area is 115 Å². The van der Waals surface area contributed by atoms with Gasteiger partial charge in [0.05, 0.1) is 17.7 Å². The summed E-state index contributed by atoms with van der Waals surface area (Å²) in [5.41, 5.74) is -3.39. The molecule has 0 spiro atoms. The maximum absolute atomic E-state index is 13.8. The van der Waals surface area contributed by atoms with Crippen molar-refractivity contribution in [2.45, 2.75) is 13.1 Å². The lowest BCUT2D eigenvalue weighted by Gasteiger charge is -2.10. The van der Waals surface area contributed by atoms with Crippen LogP contribution in [0.5, 0.6) is 0 Å². The first kappa shape index (κ1) is 15.0. The van der Waals surface area contributed by atoms with E-state index in [1.165, 1.54) is 6.92 Å². The van der Waals surface area contributed by atoms with Crippen molar-refractivity contribution in [3.63, 3.8) is 0 Å². The average molecular weight is 303 g/mol. The third-order valence-electron chi connectivity index (χ3n) is 2.79. The highest BCUT2D eigenvalue weighted by molar-refractivity contribution is 5.93. The van der Waals surface area contributed by atoms with Crippen LogP contribution in [-0.4, -0.2) is 17.6 Å². The minimum Gasteiger partial charge on any atom is -0.462 e. The van der Waals surface area contributed by atoms with Crippen molar-refractivity contribution < 1.29 is 27.1 Å². The predicted octanol–water partition coefficient (Wildman–Crippen LogP) is 2.86. The van der Waals surface area contributed by atoms with Gasteiger partial charge in [0, 0.05) is 11.6 Å². The van der Waals surface area contributed by atoms with Crippen LogP contribution in [0.1, 0.15) is 22.8 Å². The van der Waals surface area contributed by atoms with Crippen LogP contribution in [-0.2, 0) is 10.9 Å². The Morgan fingerprint density at radius 2 is 2.00 bits per heavy atom. The molecule has 0 unspecified atom stereocenters. The largest absolute Gasteiger partial charge is 0.462 e. The number of hydrogen-bond acceptors (Lipinski definition) is 3. The van der Waals surface area contributed by atoms with E-state index in [4.69, 9.17) is 0 Å². The number of fused-ring (bicyclic) bond motifs is 1. The van der Waals surface area contributed by atoms with Gasteiger partial charge in [-0.3, -0.25) is 4.79 Å². The summed E-state index contributed by atoms with van der Waals surface area (Å²) < 4.78 is 56.2. The van der Waals surface area contributed by atoms with Crippen LogP contribution < -0.4 is 5.43 Å². The molecule has 21 heavy (non-hydrogen) atoms. The van der Waals surface area contributed by atoms with Crippen molar-refractivity contribution in [1.29, 1.82) is 0 Å². The molecule has 2 aromatic rings. The number of aromatic nitrogens is 1. The number of alkyl halides is 3. The summed E-state index contributed by atoms with van der Waals surface area (Å²) >= 11 is 0. The number of hydrogen-bond donors (Lipinski definition) is 1. The number of rotatable bonds is 2. The van der Waals surface area contributed by atoms with Crippen LogP contribution in [0.15, 0.2) is 23.1 Å². The highest BCUT2D eigenvalue weighted by Crippen LogP contribution is 2.33. The molecule has 2 rings (SSSR count). The smallest absolute Gasteiger partial charge is 0.419 e. The third-order valence-corrected chi connectivity index (χ3v) is 2.79. The number of carbonyl (C=O) groups excluding carboxylic acids is 1. The molecule has 0 aliphatic carbocycles. The van der Waals surface area contributed by atoms with E-state index in [9.17, 15) is 27.2 Å². The monoisotopic (exact) mass is 303 g/mol. The second-order valence-corrected chi connectivity index (χ2v) is 4.10. The van der Waals surface area contributed by atoms with E-state index < -0.39 is 40.0 Å². The number of ether oxygens (including phenoxy) is 1. The zero-order valence-electron chi connectivity index (χ0n) is 10.7. The zero-order valence-corrected chi connectivity index (χ0v) is 10.7. The summed E-state index contributed by atoms with van der Waals surface area (Å²) in [7, 11) is 0. The van der Waals surface area contributed by atoms with Crippen LogP contribution in [0.3, 0.4) is 0 Å². The molecule has 0 aliphatic rings. The van der Waals surface area contributed by atoms with Crippen LogP contribution >= 0.6 is 0 Å². The van der Waals surface area contributed by atoms with Crippen LogP contribution in [0.25, 0.3) is 10.9 Å². The second-order valence-electron chi connectivity index (χ2n) is 4.10. The Bertz CT molecular complexity index is 764. The fourth-order valence-corrected chi connectivity index (χ4v) is 1.84. The van der Waals surface area contributed by atoms with Gasteiger partial charge >= 0.3 is 12.1 Å². The summed E-state index contributed by atoms with van der Waals surface area (Å²) in [6.07, 6.45) is -4.04. The Morgan fingerprint density at radius 1 is 1.33 bits per heavy atom. The van der Waals surface area contributed by atoms with Crippen molar-refractivity contribution in [1.82, 2.24) is 4.98 Å². The summed E-state index contributed by atoms with van der Waals surface area (Å²) in [4.78, 5) is 25.7. The summed E-state index contributed by atoms with van der Waals surface area (Å²) in [6, 6.07) is 1.28. The van der Waals surface area contributed by atoms with Crippen molar-refractivity contribution in [2.24, 2.45) is 0 Å². The first-order valence-corrected chi connectivity index (χ1v) is 5.85. The summed E-state index contributed by atoms with van der Waals surface area (Å²) in [5, 5.41) is -0.356. The van der Waals surface area contributed by atoms with E-state index in [0.29, 0.717) is 6.07 Å². The molecule has 0 bridgehead atoms. The number of nitrogens with one attached hydrogen (secondary N) is 1. The molecule has 0 saturated carbocycles. The first-order chi connectivity index (χ1) is 9.77. The van der Waals surface area contributed by atoms with E-state index in [0.717, 1.165) is 12.3 Å². The molecule has 1 aromatic heterocycles. The third kappa shape index (κ3) is 2.61. The molecular formula is C13H9F4NO3. The Morgan fingerprint density at radius 3 is 2.57 bits per heavy atom. The number of aromatic amines is 1. The van der Waals surface area contributed by atoms with Gasteiger partial charge in [-0.15, -0.1) is 0 Å². The number of carbonyl (C=O) groups is 1. The van der Waals surface area contributed by atoms with Crippen molar-refractivity contribution in [3.05, 3.63) is 45.5 Å².